The van der Waals surface area contributed by atoms with Gasteiger partial charge in [0.25, 0.3) is 0 Å². The maximum absolute atomic E-state index is 12.1. The molecule has 0 fully saturated rings. The van der Waals surface area contributed by atoms with Crippen LogP contribution in [0.1, 0.15) is 5.56 Å². The van der Waals surface area contributed by atoms with E-state index in [2.05, 4.69) is 20.8 Å². The minimum atomic E-state index is -0.0553. The Morgan fingerprint density at radius 2 is 2.08 bits per heavy atom. The first-order valence-electron chi connectivity index (χ1n) is 7.56. The van der Waals surface area contributed by atoms with Gasteiger partial charge in [-0.3, -0.25) is 4.79 Å². The van der Waals surface area contributed by atoms with E-state index >= 15 is 0 Å². The van der Waals surface area contributed by atoms with Crippen molar-refractivity contribution in [1.82, 2.24) is 20.2 Å². The summed E-state index contributed by atoms with van der Waals surface area (Å²) in [4.78, 5) is 12.1. The molecule has 0 radical (unpaired) electrons. The molecule has 0 aliphatic carbocycles. The van der Waals surface area contributed by atoms with Crippen molar-refractivity contribution in [2.24, 2.45) is 7.05 Å². The van der Waals surface area contributed by atoms with Gasteiger partial charge < -0.3 is 5.32 Å². The van der Waals surface area contributed by atoms with Gasteiger partial charge in [0, 0.05) is 29.1 Å². The molecular formula is C17H16ClN5OS. The number of hydrogen-bond donors (Lipinski definition) is 1. The van der Waals surface area contributed by atoms with Crippen LogP contribution in [0.2, 0.25) is 5.02 Å². The number of benzene rings is 2. The van der Waals surface area contributed by atoms with Crippen molar-refractivity contribution in [2.45, 2.75) is 5.75 Å². The molecule has 0 saturated heterocycles. The molecule has 0 unspecified atom stereocenters. The molecule has 1 aromatic heterocycles. The van der Waals surface area contributed by atoms with Crippen LogP contribution in [0, 0.1) is 0 Å². The van der Waals surface area contributed by atoms with Crippen LogP contribution in [-0.4, -0.2) is 31.9 Å². The van der Waals surface area contributed by atoms with Crippen molar-refractivity contribution in [3.63, 3.8) is 0 Å². The topological polar surface area (TPSA) is 72.7 Å². The Hall–Kier alpha value is -2.38. The van der Waals surface area contributed by atoms with Crippen molar-refractivity contribution in [3.8, 4) is 11.4 Å². The first-order chi connectivity index (χ1) is 12.1. The Morgan fingerprint density at radius 3 is 2.84 bits per heavy atom. The van der Waals surface area contributed by atoms with E-state index in [0.29, 0.717) is 22.3 Å². The summed E-state index contributed by atoms with van der Waals surface area (Å²) in [6.07, 6.45) is 0. The van der Waals surface area contributed by atoms with Crippen LogP contribution in [0.15, 0.2) is 48.5 Å². The number of thioether (sulfide) groups is 1. The second-order valence-electron chi connectivity index (χ2n) is 5.38. The van der Waals surface area contributed by atoms with Crippen molar-refractivity contribution in [1.29, 1.82) is 0 Å². The molecule has 1 heterocycles. The van der Waals surface area contributed by atoms with Crippen LogP contribution < -0.4 is 5.32 Å². The maximum Gasteiger partial charge on any atom is 0.234 e. The molecule has 1 N–H and O–H groups in total. The summed E-state index contributed by atoms with van der Waals surface area (Å²) in [5.41, 5.74) is 2.66. The van der Waals surface area contributed by atoms with E-state index in [1.54, 1.807) is 11.7 Å². The van der Waals surface area contributed by atoms with Crippen LogP contribution in [-0.2, 0) is 17.6 Å². The lowest BCUT2D eigenvalue weighted by atomic mass is 10.2. The zero-order chi connectivity index (χ0) is 17.6. The number of aryl methyl sites for hydroxylation is 1. The molecule has 3 rings (SSSR count). The first kappa shape index (κ1) is 17.4. The molecule has 128 valence electrons. The van der Waals surface area contributed by atoms with Gasteiger partial charge in [-0.15, -0.1) is 16.9 Å². The summed E-state index contributed by atoms with van der Waals surface area (Å²) in [5.74, 6) is 1.69. The van der Waals surface area contributed by atoms with Crippen LogP contribution >= 0.6 is 23.4 Å². The molecule has 0 atom stereocenters. The van der Waals surface area contributed by atoms with Gasteiger partial charge in [-0.25, -0.2) is 4.68 Å². The number of anilines is 1. The maximum atomic E-state index is 12.1. The van der Waals surface area contributed by atoms with E-state index in [0.717, 1.165) is 16.9 Å². The summed E-state index contributed by atoms with van der Waals surface area (Å²) in [7, 11) is 1.77. The predicted molar refractivity (Wildman–Crippen MR) is 100 cm³/mol. The van der Waals surface area contributed by atoms with Gasteiger partial charge in [-0.2, -0.15) is 0 Å². The van der Waals surface area contributed by atoms with Crippen LogP contribution in [0.25, 0.3) is 11.4 Å². The molecular weight excluding hydrogens is 358 g/mol. The van der Waals surface area contributed by atoms with Gasteiger partial charge >= 0.3 is 0 Å². The molecule has 2 aromatic carbocycles. The summed E-state index contributed by atoms with van der Waals surface area (Å²) in [5, 5.41) is 15.0. The highest BCUT2D eigenvalue weighted by Crippen LogP contribution is 2.20. The number of aromatic nitrogens is 4. The van der Waals surface area contributed by atoms with Gasteiger partial charge in [0.2, 0.25) is 5.91 Å². The van der Waals surface area contributed by atoms with Gasteiger partial charge in [-0.1, -0.05) is 35.9 Å². The number of carbonyl (C=O) groups excluding carboxylic acids is 1. The highest BCUT2D eigenvalue weighted by molar-refractivity contribution is 7.99. The summed E-state index contributed by atoms with van der Waals surface area (Å²) >= 11 is 7.50. The van der Waals surface area contributed by atoms with Crippen LogP contribution in [0.5, 0.6) is 0 Å². The molecule has 0 saturated carbocycles. The van der Waals surface area contributed by atoms with Crippen LogP contribution in [0.4, 0.5) is 5.69 Å². The second-order valence-corrected chi connectivity index (χ2v) is 6.80. The quantitative estimate of drug-likeness (QED) is 0.716. The molecule has 3 aromatic rings. The fraction of sp³-hybridized carbons (Fsp3) is 0.176. The summed E-state index contributed by atoms with van der Waals surface area (Å²) in [6.45, 7) is 0. The summed E-state index contributed by atoms with van der Waals surface area (Å²) in [6, 6.07) is 15.1. The first-order valence-corrected chi connectivity index (χ1v) is 9.10. The molecule has 25 heavy (non-hydrogen) atoms. The number of carbonyl (C=O) groups is 1. The zero-order valence-corrected chi connectivity index (χ0v) is 15.1. The molecule has 0 bridgehead atoms. The molecule has 0 aliphatic heterocycles. The normalized spacial score (nSPS) is 10.6. The van der Waals surface area contributed by atoms with Crippen molar-refractivity contribution in [3.05, 3.63) is 59.1 Å². The molecule has 1 amide bonds. The van der Waals surface area contributed by atoms with Gasteiger partial charge in [0.1, 0.15) is 0 Å². The Balaban J connectivity index is 1.55. The molecule has 0 aliphatic rings. The van der Waals surface area contributed by atoms with Crippen molar-refractivity contribution < 1.29 is 4.79 Å². The number of nitrogens with one attached hydrogen (secondary N) is 1. The fourth-order valence-electron chi connectivity index (χ4n) is 2.30. The monoisotopic (exact) mass is 373 g/mol. The third-order valence-electron chi connectivity index (χ3n) is 3.42. The third kappa shape index (κ3) is 4.80. The zero-order valence-electron chi connectivity index (χ0n) is 13.5. The largest absolute Gasteiger partial charge is 0.325 e. The van der Waals surface area contributed by atoms with E-state index in [1.807, 2.05) is 48.5 Å². The van der Waals surface area contributed by atoms with E-state index < -0.39 is 0 Å². The van der Waals surface area contributed by atoms with E-state index in [-0.39, 0.29) is 5.91 Å². The SMILES string of the molecule is Cn1nnnc1-c1cccc(NC(=O)CSCc2cccc(Cl)c2)c1. The Kier molecular flexibility index (Phi) is 5.67. The lowest BCUT2D eigenvalue weighted by Gasteiger charge is -2.07. The van der Waals surface area contributed by atoms with Gasteiger partial charge in [0.05, 0.1) is 5.75 Å². The highest BCUT2D eigenvalue weighted by atomic mass is 35.5. The second kappa shape index (κ2) is 8.13. The lowest BCUT2D eigenvalue weighted by Crippen LogP contribution is -2.14. The molecule has 6 nitrogen and oxygen atoms in total. The van der Waals surface area contributed by atoms with E-state index in [1.165, 1.54) is 11.8 Å². The van der Waals surface area contributed by atoms with Crippen molar-refractivity contribution >= 4 is 35.0 Å². The Bertz CT molecular complexity index is 883. The number of rotatable bonds is 6. The highest BCUT2D eigenvalue weighted by Gasteiger charge is 2.08. The average molecular weight is 374 g/mol. The third-order valence-corrected chi connectivity index (χ3v) is 4.65. The predicted octanol–water partition coefficient (Wildman–Crippen LogP) is 3.40. The van der Waals surface area contributed by atoms with E-state index in [9.17, 15) is 4.79 Å². The molecule has 0 spiro atoms. The summed E-state index contributed by atoms with van der Waals surface area (Å²) < 4.78 is 1.59. The molecule has 8 heteroatoms. The Morgan fingerprint density at radius 1 is 1.24 bits per heavy atom. The van der Waals surface area contributed by atoms with Crippen molar-refractivity contribution in [2.75, 3.05) is 11.1 Å². The number of halogens is 1. The average Bonchev–Trinajstić information content (AvgIpc) is 3.01. The standard InChI is InChI=1S/C17H16ClN5OS/c1-23-17(20-21-22-23)13-5-3-7-15(9-13)19-16(24)11-25-10-12-4-2-6-14(18)8-12/h2-9H,10-11H2,1H3,(H,19,24). The Labute approximate surface area is 154 Å². The minimum Gasteiger partial charge on any atom is -0.325 e. The number of tetrazole rings is 1. The fourth-order valence-corrected chi connectivity index (χ4v) is 3.28. The number of hydrogen-bond acceptors (Lipinski definition) is 5. The van der Waals surface area contributed by atoms with Gasteiger partial charge in [-0.05, 0) is 40.3 Å². The van der Waals surface area contributed by atoms with Gasteiger partial charge in [0.15, 0.2) is 5.82 Å². The smallest absolute Gasteiger partial charge is 0.234 e. The minimum absolute atomic E-state index is 0.0553. The lowest BCUT2D eigenvalue weighted by molar-refractivity contribution is -0.113. The number of amides is 1. The van der Waals surface area contributed by atoms with E-state index in [4.69, 9.17) is 11.6 Å². The number of nitrogens with zero attached hydrogens (tertiary/aromatic N) is 4. The van der Waals surface area contributed by atoms with Crippen LogP contribution in [0.3, 0.4) is 0 Å².